The predicted octanol–water partition coefficient (Wildman–Crippen LogP) is 4.92. The maximum Gasteiger partial charge on any atom is 0.264 e. The standard InChI is InChI=1S/C24H25BrN2O5S/c1-16-5-9-20(10-6-16)33(29,30)27(19-8-12-22(31-3)23(14-19)32-4)15-24(28)26-18-7-11-21(25)17(2)13-18/h5-14H,15H2,1-4H3,(H,26,28). The molecule has 7 nitrogen and oxygen atoms in total. The van der Waals surface area contributed by atoms with Crippen molar-refractivity contribution in [1.82, 2.24) is 0 Å². The summed E-state index contributed by atoms with van der Waals surface area (Å²) in [6.45, 7) is 3.34. The van der Waals surface area contributed by atoms with Crippen molar-refractivity contribution < 1.29 is 22.7 Å². The van der Waals surface area contributed by atoms with Gasteiger partial charge in [-0.25, -0.2) is 8.42 Å². The van der Waals surface area contributed by atoms with E-state index in [9.17, 15) is 13.2 Å². The lowest BCUT2D eigenvalue weighted by atomic mass is 10.2. The van der Waals surface area contributed by atoms with Crippen molar-refractivity contribution in [2.45, 2.75) is 18.7 Å². The zero-order chi connectivity index (χ0) is 24.2. The summed E-state index contributed by atoms with van der Waals surface area (Å²) in [6, 6.07) is 16.5. The Morgan fingerprint density at radius 1 is 0.939 bits per heavy atom. The van der Waals surface area contributed by atoms with E-state index in [1.54, 1.807) is 36.4 Å². The number of hydrogen-bond acceptors (Lipinski definition) is 5. The Kier molecular flexibility index (Phi) is 7.65. The fraction of sp³-hybridized carbons (Fsp3) is 0.208. The van der Waals surface area contributed by atoms with E-state index in [1.165, 1.54) is 32.4 Å². The normalized spacial score (nSPS) is 11.1. The summed E-state index contributed by atoms with van der Waals surface area (Å²) < 4.78 is 39.7. The molecule has 0 aliphatic rings. The SMILES string of the molecule is COc1ccc(N(CC(=O)Nc2ccc(Br)c(C)c2)S(=O)(=O)c2ccc(C)cc2)cc1OC. The van der Waals surface area contributed by atoms with Crippen LogP contribution in [0, 0.1) is 13.8 Å². The van der Waals surface area contributed by atoms with Crippen LogP contribution in [0.4, 0.5) is 11.4 Å². The van der Waals surface area contributed by atoms with Gasteiger partial charge in [0, 0.05) is 16.2 Å². The second-order valence-electron chi connectivity index (χ2n) is 7.38. The summed E-state index contributed by atoms with van der Waals surface area (Å²) in [7, 11) is -1.10. The zero-order valence-electron chi connectivity index (χ0n) is 18.8. The highest BCUT2D eigenvalue weighted by molar-refractivity contribution is 9.10. The second kappa shape index (κ2) is 10.3. The molecule has 0 spiro atoms. The maximum atomic E-state index is 13.6. The van der Waals surface area contributed by atoms with Crippen molar-refractivity contribution in [3.05, 3.63) is 76.3 Å². The molecule has 174 valence electrons. The van der Waals surface area contributed by atoms with Gasteiger partial charge in [0.05, 0.1) is 24.8 Å². The van der Waals surface area contributed by atoms with Gasteiger partial charge in [-0.1, -0.05) is 33.6 Å². The summed E-state index contributed by atoms with van der Waals surface area (Å²) in [5.74, 6) is 0.314. The molecule has 0 saturated carbocycles. The molecule has 3 aromatic carbocycles. The minimum atomic E-state index is -4.05. The molecule has 0 atom stereocenters. The molecule has 1 N–H and O–H groups in total. The summed E-state index contributed by atoms with van der Waals surface area (Å²) in [5, 5.41) is 2.77. The van der Waals surface area contributed by atoms with Gasteiger partial charge in [-0.3, -0.25) is 9.10 Å². The first-order valence-corrected chi connectivity index (χ1v) is 12.3. The largest absolute Gasteiger partial charge is 0.493 e. The van der Waals surface area contributed by atoms with Gasteiger partial charge in [0.25, 0.3) is 10.0 Å². The third-order valence-electron chi connectivity index (χ3n) is 4.99. The van der Waals surface area contributed by atoms with Crippen LogP contribution in [0.5, 0.6) is 11.5 Å². The number of carbonyl (C=O) groups excluding carboxylic acids is 1. The van der Waals surface area contributed by atoms with Gasteiger partial charge in [-0.2, -0.15) is 0 Å². The number of sulfonamides is 1. The Hall–Kier alpha value is -3.04. The molecule has 0 radical (unpaired) electrons. The Labute approximate surface area is 202 Å². The Balaban J connectivity index is 2.00. The number of aryl methyl sites for hydroxylation is 2. The van der Waals surface area contributed by atoms with E-state index in [1.807, 2.05) is 19.9 Å². The maximum absolute atomic E-state index is 13.6. The number of benzene rings is 3. The van der Waals surface area contributed by atoms with Crippen molar-refractivity contribution in [2.75, 3.05) is 30.4 Å². The second-order valence-corrected chi connectivity index (χ2v) is 10.1. The molecular weight excluding hydrogens is 508 g/mol. The first-order valence-electron chi connectivity index (χ1n) is 10.0. The molecule has 0 aliphatic carbocycles. The van der Waals surface area contributed by atoms with Gasteiger partial charge >= 0.3 is 0 Å². The van der Waals surface area contributed by atoms with Crippen molar-refractivity contribution in [2.24, 2.45) is 0 Å². The van der Waals surface area contributed by atoms with E-state index in [0.29, 0.717) is 17.2 Å². The number of ether oxygens (including phenoxy) is 2. The number of anilines is 2. The number of nitrogens with zero attached hydrogens (tertiary/aromatic N) is 1. The molecule has 0 saturated heterocycles. The molecule has 0 heterocycles. The molecule has 9 heteroatoms. The first kappa shape index (κ1) is 24.6. The monoisotopic (exact) mass is 532 g/mol. The lowest BCUT2D eigenvalue weighted by molar-refractivity contribution is -0.114. The van der Waals surface area contributed by atoms with Crippen LogP contribution in [-0.4, -0.2) is 35.1 Å². The molecule has 33 heavy (non-hydrogen) atoms. The van der Waals surface area contributed by atoms with Crippen molar-refractivity contribution in [3.63, 3.8) is 0 Å². The lowest BCUT2D eigenvalue weighted by Crippen LogP contribution is -2.38. The van der Waals surface area contributed by atoms with Gasteiger partial charge < -0.3 is 14.8 Å². The summed E-state index contributed by atoms with van der Waals surface area (Å²) in [4.78, 5) is 13.0. The van der Waals surface area contributed by atoms with Gasteiger partial charge in [-0.05, 0) is 61.9 Å². The molecule has 0 aliphatic heterocycles. The van der Waals surface area contributed by atoms with Crippen molar-refractivity contribution in [3.8, 4) is 11.5 Å². The summed E-state index contributed by atoms with van der Waals surface area (Å²) >= 11 is 3.43. The van der Waals surface area contributed by atoms with Gasteiger partial charge in [-0.15, -0.1) is 0 Å². The quantitative estimate of drug-likeness (QED) is 0.445. The predicted molar refractivity (Wildman–Crippen MR) is 133 cm³/mol. The smallest absolute Gasteiger partial charge is 0.264 e. The summed E-state index contributed by atoms with van der Waals surface area (Å²) in [5.41, 5.74) is 2.71. The highest BCUT2D eigenvalue weighted by atomic mass is 79.9. The molecule has 0 fully saturated rings. The average Bonchev–Trinajstić information content (AvgIpc) is 2.79. The van der Waals surface area contributed by atoms with Gasteiger partial charge in [0.1, 0.15) is 6.54 Å². The minimum Gasteiger partial charge on any atom is -0.493 e. The molecule has 1 amide bonds. The fourth-order valence-corrected chi connectivity index (χ4v) is 4.85. The van der Waals surface area contributed by atoms with Gasteiger partial charge in [0.15, 0.2) is 11.5 Å². The third kappa shape index (κ3) is 5.66. The van der Waals surface area contributed by atoms with Crippen LogP contribution in [0.25, 0.3) is 0 Å². The van der Waals surface area contributed by atoms with E-state index in [-0.39, 0.29) is 10.6 Å². The molecule has 0 aromatic heterocycles. The van der Waals surface area contributed by atoms with E-state index < -0.39 is 22.5 Å². The average molecular weight is 533 g/mol. The number of rotatable bonds is 8. The van der Waals surface area contributed by atoms with E-state index in [2.05, 4.69) is 21.2 Å². The van der Waals surface area contributed by atoms with Crippen molar-refractivity contribution in [1.29, 1.82) is 0 Å². The zero-order valence-corrected chi connectivity index (χ0v) is 21.2. The third-order valence-corrected chi connectivity index (χ3v) is 7.67. The van der Waals surface area contributed by atoms with Crippen LogP contribution in [-0.2, 0) is 14.8 Å². The van der Waals surface area contributed by atoms with E-state index >= 15 is 0 Å². The van der Waals surface area contributed by atoms with Crippen molar-refractivity contribution >= 4 is 43.2 Å². The van der Waals surface area contributed by atoms with Crippen LogP contribution in [0.1, 0.15) is 11.1 Å². The summed E-state index contributed by atoms with van der Waals surface area (Å²) in [6.07, 6.45) is 0. The van der Waals surface area contributed by atoms with Crippen LogP contribution in [0.2, 0.25) is 0 Å². The molecule has 0 bridgehead atoms. The molecular formula is C24H25BrN2O5S. The number of methoxy groups -OCH3 is 2. The molecule has 0 unspecified atom stereocenters. The van der Waals surface area contributed by atoms with Gasteiger partial charge in [0.2, 0.25) is 5.91 Å². The Morgan fingerprint density at radius 3 is 2.21 bits per heavy atom. The van der Waals surface area contributed by atoms with Crippen LogP contribution in [0.15, 0.2) is 70.0 Å². The topological polar surface area (TPSA) is 84.9 Å². The Morgan fingerprint density at radius 2 is 1.61 bits per heavy atom. The minimum absolute atomic E-state index is 0.0789. The number of halogens is 1. The van der Waals surface area contributed by atoms with E-state index in [4.69, 9.17) is 9.47 Å². The van der Waals surface area contributed by atoms with Crippen LogP contribution >= 0.6 is 15.9 Å². The number of nitrogens with one attached hydrogen (secondary N) is 1. The first-order chi connectivity index (χ1) is 15.6. The molecule has 3 rings (SSSR count). The van der Waals surface area contributed by atoms with E-state index in [0.717, 1.165) is 19.9 Å². The lowest BCUT2D eigenvalue weighted by Gasteiger charge is -2.25. The van der Waals surface area contributed by atoms with Crippen LogP contribution in [0.3, 0.4) is 0 Å². The number of hydrogen-bond donors (Lipinski definition) is 1. The number of carbonyl (C=O) groups is 1. The Bertz CT molecular complexity index is 1260. The highest BCUT2D eigenvalue weighted by Gasteiger charge is 2.28. The fourth-order valence-electron chi connectivity index (χ4n) is 3.19. The number of amides is 1. The van der Waals surface area contributed by atoms with Crippen LogP contribution < -0.4 is 19.1 Å². The molecule has 3 aromatic rings. The highest BCUT2D eigenvalue weighted by Crippen LogP contribution is 2.34.